The van der Waals surface area contributed by atoms with Crippen molar-refractivity contribution >= 4 is 11.8 Å². The molecule has 0 bridgehead atoms. The number of rotatable bonds is 8. The first-order valence-corrected chi connectivity index (χ1v) is 9.37. The molecule has 0 aliphatic rings. The van der Waals surface area contributed by atoms with Gasteiger partial charge >= 0.3 is 0 Å². The average molecular weight is 370 g/mol. The minimum atomic E-state index is 0.581. The van der Waals surface area contributed by atoms with E-state index in [2.05, 4.69) is 40.3 Å². The van der Waals surface area contributed by atoms with Crippen molar-refractivity contribution < 1.29 is 4.74 Å². The zero-order valence-electron chi connectivity index (χ0n) is 17.1. The normalized spacial score (nSPS) is 11.2. The molecule has 0 fully saturated rings. The van der Waals surface area contributed by atoms with Gasteiger partial charge in [-0.3, -0.25) is 0 Å². The van der Waals surface area contributed by atoms with Gasteiger partial charge in [-0.1, -0.05) is 18.2 Å². The molecule has 2 aromatic rings. The summed E-state index contributed by atoms with van der Waals surface area (Å²) in [5, 5.41) is 3.37. The molecule has 1 heterocycles. The molecule has 0 amide bonds. The minimum Gasteiger partial charge on any atom is -0.494 e. The number of guanidine groups is 1. The molecule has 6 heteroatoms. The lowest BCUT2D eigenvalue weighted by Gasteiger charge is -2.23. The second kappa shape index (κ2) is 10.4. The highest BCUT2D eigenvalue weighted by Crippen LogP contribution is 2.16. The van der Waals surface area contributed by atoms with Crippen LogP contribution in [0, 0.1) is 0 Å². The van der Waals surface area contributed by atoms with Gasteiger partial charge in [-0.05, 0) is 37.6 Å². The number of ether oxygens (including phenoxy) is 1. The van der Waals surface area contributed by atoms with Crippen LogP contribution in [0.1, 0.15) is 25.0 Å². The van der Waals surface area contributed by atoms with Crippen LogP contribution in [0.5, 0.6) is 5.75 Å². The van der Waals surface area contributed by atoms with Crippen LogP contribution in [-0.4, -0.2) is 50.1 Å². The average Bonchev–Trinajstić information content (AvgIpc) is 2.67. The van der Waals surface area contributed by atoms with Gasteiger partial charge in [-0.15, -0.1) is 0 Å². The van der Waals surface area contributed by atoms with Gasteiger partial charge in [0.25, 0.3) is 0 Å². The summed E-state index contributed by atoms with van der Waals surface area (Å²) < 4.78 is 5.51. The van der Waals surface area contributed by atoms with E-state index < -0.39 is 0 Å². The number of aliphatic imine (C=N–C) groups is 1. The van der Waals surface area contributed by atoms with Crippen molar-refractivity contribution in [3.05, 3.63) is 53.7 Å². The van der Waals surface area contributed by atoms with Gasteiger partial charge in [0, 0.05) is 46.0 Å². The quantitative estimate of drug-likeness (QED) is 0.572. The summed E-state index contributed by atoms with van der Waals surface area (Å²) in [6.45, 7) is 6.92. The number of hydrogen-bond donors (Lipinski definition) is 1. The molecule has 0 unspecified atom stereocenters. The molecule has 0 saturated carbocycles. The van der Waals surface area contributed by atoms with Gasteiger partial charge in [-0.25, -0.2) is 9.98 Å². The Morgan fingerprint density at radius 3 is 2.48 bits per heavy atom. The summed E-state index contributed by atoms with van der Waals surface area (Å²) in [6.07, 6.45) is 1.81. The molecule has 0 saturated heterocycles. The summed E-state index contributed by atoms with van der Waals surface area (Å²) in [5.41, 5.74) is 2.31. The smallest absolute Gasteiger partial charge is 0.194 e. The molecule has 0 aliphatic carbocycles. The highest BCUT2D eigenvalue weighted by atomic mass is 16.5. The van der Waals surface area contributed by atoms with Crippen LogP contribution in [0.15, 0.2) is 47.6 Å². The second-order valence-corrected chi connectivity index (χ2v) is 6.48. The first-order chi connectivity index (χ1) is 13.0. The molecule has 0 atom stereocenters. The summed E-state index contributed by atoms with van der Waals surface area (Å²) >= 11 is 0. The summed E-state index contributed by atoms with van der Waals surface area (Å²) in [7, 11) is 6.05. The van der Waals surface area contributed by atoms with Crippen LogP contribution in [0.3, 0.4) is 0 Å². The first kappa shape index (κ1) is 20.6. The molecule has 6 nitrogen and oxygen atoms in total. The van der Waals surface area contributed by atoms with Gasteiger partial charge in [-0.2, -0.15) is 0 Å². The maximum atomic E-state index is 5.51. The van der Waals surface area contributed by atoms with Crippen molar-refractivity contribution in [2.75, 3.05) is 39.2 Å². The van der Waals surface area contributed by atoms with E-state index in [1.807, 2.05) is 57.4 Å². The van der Waals surface area contributed by atoms with Gasteiger partial charge in [0.05, 0.1) is 13.2 Å². The molecule has 0 aliphatic heterocycles. The first-order valence-electron chi connectivity index (χ1n) is 9.37. The number of hydrogen-bond acceptors (Lipinski definition) is 4. The maximum absolute atomic E-state index is 5.51. The molecule has 146 valence electrons. The van der Waals surface area contributed by atoms with E-state index >= 15 is 0 Å². The Morgan fingerprint density at radius 2 is 1.85 bits per heavy atom. The van der Waals surface area contributed by atoms with Crippen molar-refractivity contribution in [1.29, 1.82) is 0 Å². The largest absolute Gasteiger partial charge is 0.494 e. The van der Waals surface area contributed by atoms with Gasteiger partial charge in [0.2, 0.25) is 0 Å². The van der Waals surface area contributed by atoms with Crippen LogP contribution in [0.25, 0.3) is 0 Å². The zero-order valence-corrected chi connectivity index (χ0v) is 17.1. The van der Waals surface area contributed by atoms with Crippen LogP contribution < -0.4 is 15.0 Å². The molecule has 2 rings (SSSR count). The Kier molecular flexibility index (Phi) is 7.92. The fourth-order valence-electron chi connectivity index (χ4n) is 2.79. The summed E-state index contributed by atoms with van der Waals surface area (Å²) in [4.78, 5) is 13.4. The number of benzene rings is 1. The van der Waals surface area contributed by atoms with E-state index in [1.165, 1.54) is 5.56 Å². The number of pyridine rings is 1. The predicted molar refractivity (Wildman–Crippen MR) is 112 cm³/mol. The fraction of sp³-hybridized carbons (Fsp3) is 0.429. The van der Waals surface area contributed by atoms with E-state index in [-0.39, 0.29) is 0 Å². The van der Waals surface area contributed by atoms with E-state index in [9.17, 15) is 0 Å². The Balaban J connectivity index is 2.10. The second-order valence-electron chi connectivity index (χ2n) is 6.48. The third kappa shape index (κ3) is 6.16. The van der Waals surface area contributed by atoms with Crippen LogP contribution in [0.4, 0.5) is 5.82 Å². The van der Waals surface area contributed by atoms with Crippen molar-refractivity contribution in [1.82, 2.24) is 15.2 Å². The standard InChI is InChI=1S/C21H31N5O/c1-6-22-21(24-15-18-9-8-14-23-20(18)25(3)4)26(5)16-17-10-12-19(13-11-17)27-7-2/h8-14H,6-7,15-16H2,1-5H3,(H,22,24). The van der Waals surface area contributed by atoms with Crippen LogP contribution in [-0.2, 0) is 13.1 Å². The van der Waals surface area contributed by atoms with Crippen molar-refractivity contribution in [3.63, 3.8) is 0 Å². The number of nitrogens with zero attached hydrogens (tertiary/aromatic N) is 4. The van der Waals surface area contributed by atoms with Crippen molar-refractivity contribution in [3.8, 4) is 5.75 Å². The number of anilines is 1. The number of aromatic nitrogens is 1. The lowest BCUT2D eigenvalue weighted by atomic mass is 10.2. The van der Waals surface area contributed by atoms with E-state index in [0.29, 0.717) is 13.2 Å². The molecule has 1 aromatic carbocycles. The topological polar surface area (TPSA) is 53.0 Å². The molecular formula is C21H31N5O. The Bertz CT molecular complexity index is 728. The minimum absolute atomic E-state index is 0.581. The van der Waals surface area contributed by atoms with Gasteiger partial charge in [0.1, 0.15) is 11.6 Å². The SMILES string of the molecule is CCNC(=NCc1cccnc1N(C)C)N(C)Cc1ccc(OCC)cc1. The highest BCUT2D eigenvalue weighted by molar-refractivity contribution is 5.79. The molecule has 1 N–H and O–H groups in total. The lowest BCUT2D eigenvalue weighted by Crippen LogP contribution is -2.38. The van der Waals surface area contributed by atoms with E-state index in [0.717, 1.165) is 36.2 Å². The van der Waals surface area contributed by atoms with Crippen molar-refractivity contribution in [2.45, 2.75) is 26.9 Å². The molecule has 1 aromatic heterocycles. The molecule has 0 spiro atoms. The Hall–Kier alpha value is -2.76. The lowest BCUT2D eigenvalue weighted by molar-refractivity contribution is 0.340. The fourth-order valence-corrected chi connectivity index (χ4v) is 2.79. The van der Waals surface area contributed by atoms with Crippen LogP contribution in [0.2, 0.25) is 0 Å². The number of nitrogens with one attached hydrogen (secondary N) is 1. The third-order valence-electron chi connectivity index (χ3n) is 4.04. The summed E-state index contributed by atoms with van der Waals surface area (Å²) in [6, 6.07) is 12.2. The molecule has 0 radical (unpaired) electrons. The Labute approximate surface area is 162 Å². The molecule has 27 heavy (non-hydrogen) atoms. The van der Waals surface area contributed by atoms with Crippen LogP contribution >= 0.6 is 0 Å². The molecular weight excluding hydrogens is 338 g/mol. The maximum Gasteiger partial charge on any atom is 0.194 e. The van der Waals surface area contributed by atoms with Gasteiger partial charge < -0.3 is 19.9 Å². The van der Waals surface area contributed by atoms with E-state index in [1.54, 1.807) is 0 Å². The highest BCUT2D eigenvalue weighted by Gasteiger charge is 2.09. The van der Waals surface area contributed by atoms with Crippen molar-refractivity contribution in [2.24, 2.45) is 4.99 Å². The third-order valence-corrected chi connectivity index (χ3v) is 4.04. The van der Waals surface area contributed by atoms with Gasteiger partial charge in [0.15, 0.2) is 5.96 Å². The summed E-state index contributed by atoms with van der Waals surface area (Å²) in [5.74, 6) is 2.73. The van der Waals surface area contributed by atoms with E-state index in [4.69, 9.17) is 9.73 Å². The Morgan fingerprint density at radius 1 is 1.11 bits per heavy atom. The predicted octanol–water partition coefficient (Wildman–Crippen LogP) is 3.14. The zero-order chi connectivity index (χ0) is 19.6. The monoisotopic (exact) mass is 369 g/mol.